The van der Waals surface area contributed by atoms with E-state index in [0.29, 0.717) is 34.8 Å². The summed E-state index contributed by atoms with van der Waals surface area (Å²) in [6, 6.07) is 7.85. The third-order valence-electron chi connectivity index (χ3n) is 6.44. The Morgan fingerprint density at radius 3 is 2.74 bits per heavy atom. The van der Waals surface area contributed by atoms with Crippen LogP contribution in [-0.4, -0.2) is 27.7 Å². The van der Waals surface area contributed by atoms with Crippen LogP contribution in [0.3, 0.4) is 0 Å². The number of methoxy groups -OCH3 is 1. The highest BCUT2D eigenvalue weighted by atomic mass is 16.6. The molecule has 0 amide bonds. The molecule has 7 heteroatoms. The summed E-state index contributed by atoms with van der Waals surface area (Å²) in [5.74, 6) is -0.0188. The van der Waals surface area contributed by atoms with Gasteiger partial charge in [-0.15, -0.1) is 0 Å². The van der Waals surface area contributed by atoms with Gasteiger partial charge in [0, 0.05) is 16.5 Å². The lowest BCUT2D eigenvalue weighted by molar-refractivity contribution is -0.172. The molecule has 1 N–H and O–H groups in total. The smallest absolute Gasteiger partial charge is 0.343 e. The van der Waals surface area contributed by atoms with Crippen LogP contribution in [-0.2, 0) is 34.7 Å². The summed E-state index contributed by atoms with van der Waals surface area (Å²) >= 11 is 0. The molecular weight excluding hydrogens is 396 g/mol. The maximum absolute atomic E-state index is 13.3. The highest BCUT2D eigenvalue weighted by Gasteiger charge is 2.45. The van der Waals surface area contributed by atoms with Gasteiger partial charge in [-0.1, -0.05) is 26.3 Å². The molecule has 2 aromatic heterocycles. The minimum Gasteiger partial charge on any atom is -0.496 e. The molecule has 1 atom stereocenters. The van der Waals surface area contributed by atoms with Gasteiger partial charge >= 0.3 is 5.97 Å². The average molecular weight is 420 g/mol. The minimum absolute atomic E-state index is 0.114. The van der Waals surface area contributed by atoms with Gasteiger partial charge in [0.1, 0.15) is 12.4 Å². The number of hydrogen-bond donors (Lipinski definition) is 1. The molecule has 0 aliphatic carbocycles. The molecule has 31 heavy (non-hydrogen) atoms. The molecule has 0 bridgehead atoms. The van der Waals surface area contributed by atoms with Crippen molar-refractivity contribution in [1.29, 1.82) is 0 Å². The number of fused-ring (bicyclic) bond motifs is 5. The monoisotopic (exact) mass is 420 g/mol. The van der Waals surface area contributed by atoms with Crippen molar-refractivity contribution in [1.82, 2.24) is 9.55 Å². The van der Waals surface area contributed by atoms with E-state index in [-0.39, 0.29) is 18.6 Å². The first-order chi connectivity index (χ1) is 14.9. The fourth-order valence-electron chi connectivity index (χ4n) is 4.77. The third kappa shape index (κ3) is 2.66. The second-order valence-corrected chi connectivity index (χ2v) is 8.18. The molecule has 7 nitrogen and oxygen atoms in total. The third-order valence-corrected chi connectivity index (χ3v) is 6.44. The fourth-order valence-corrected chi connectivity index (χ4v) is 4.77. The summed E-state index contributed by atoms with van der Waals surface area (Å²) in [7, 11) is 1.63. The van der Waals surface area contributed by atoms with Crippen molar-refractivity contribution in [3.63, 3.8) is 0 Å². The molecule has 0 radical (unpaired) electrons. The normalized spacial score (nSPS) is 19.0. The summed E-state index contributed by atoms with van der Waals surface area (Å²) in [6.45, 7) is 4.01. The van der Waals surface area contributed by atoms with Crippen molar-refractivity contribution in [2.45, 2.75) is 51.9 Å². The van der Waals surface area contributed by atoms with Crippen molar-refractivity contribution in [3.8, 4) is 17.1 Å². The minimum atomic E-state index is -1.83. The van der Waals surface area contributed by atoms with E-state index in [1.807, 2.05) is 6.07 Å². The van der Waals surface area contributed by atoms with Gasteiger partial charge in [-0.25, -0.2) is 9.78 Å². The Balaban J connectivity index is 1.78. The van der Waals surface area contributed by atoms with Crippen LogP contribution in [0.4, 0.5) is 0 Å². The Kier molecular flexibility index (Phi) is 4.41. The van der Waals surface area contributed by atoms with E-state index in [9.17, 15) is 14.7 Å². The quantitative estimate of drug-likeness (QED) is 0.511. The van der Waals surface area contributed by atoms with Crippen molar-refractivity contribution in [2.24, 2.45) is 0 Å². The molecule has 0 spiro atoms. The highest BCUT2D eigenvalue weighted by molar-refractivity contribution is 5.92. The maximum atomic E-state index is 13.3. The van der Waals surface area contributed by atoms with Gasteiger partial charge in [-0.05, 0) is 36.6 Å². The number of ether oxygens (including phenoxy) is 2. The second-order valence-electron chi connectivity index (χ2n) is 8.18. The lowest BCUT2D eigenvalue weighted by Gasteiger charge is -2.31. The number of carbonyl (C=O) groups is 1. The number of aryl methyl sites for hydroxylation is 1. The zero-order valence-electron chi connectivity index (χ0n) is 17.8. The Labute approximate surface area is 179 Å². The fraction of sp³-hybridized carbons (Fsp3) is 0.375. The van der Waals surface area contributed by atoms with Crippen LogP contribution in [0.2, 0.25) is 0 Å². The molecule has 160 valence electrons. The number of aliphatic hydroxyl groups is 1. The zero-order valence-corrected chi connectivity index (χ0v) is 17.8. The van der Waals surface area contributed by atoms with Gasteiger partial charge in [-0.2, -0.15) is 0 Å². The zero-order chi connectivity index (χ0) is 21.9. The lowest BCUT2D eigenvalue weighted by Crippen LogP contribution is -2.44. The van der Waals surface area contributed by atoms with Crippen LogP contribution in [0.15, 0.2) is 29.1 Å². The molecule has 1 unspecified atom stereocenters. The SMILES string of the molecule is CCCc1ccc2nc3c(c(OC)c2c1)Cn1c-3cc2c(c1=O)COC(=O)C2(O)CC. The van der Waals surface area contributed by atoms with Gasteiger partial charge in [0.25, 0.3) is 5.56 Å². The number of pyridine rings is 2. The molecule has 4 heterocycles. The summed E-state index contributed by atoms with van der Waals surface area (Å²) in [5, 5.41) is 11.9. The summed E-state index contributed by atoms with van der Waals surface area (Å²) in [5.41, 5.74) is 2.56. The van der Waals surface area contributed by atoms with Gasteiger partial charge in [0.2, 0.25) is 0 Å². The van der Waals surface area contributed by atoms with Gasteiger partial charge in [0.15, 0.2) is 5.60 Å². The standard InChI is InChI=1S/C24H24N2O5/c1-4-6-13-7-8-18-14(9-13)21(30-3)15-11-26-19(20(15)25-18)10-17-16(22(26)27)12-31-23(28)24(17,29)5-2/h7-10,29H,4-6,11-12H2,1-3H3. The molecular formula is C24H24N2O5. The first-order valence-corrected chi connectivity index (χ1v) is 10.6. The molecule has 3 aromatic rings. The van der Waals surface area contributed by atoms with Crippen molar-refractivity contribution < 1.29 is 19.4 Å². The van der Waals surface area contributed by atoms with Crippen LogP contribution in [0.1, 0.15) is 48.9 Å². The first-order valence-electron chi connectivity index (χ1n) is 10.6. The molecule has 0 saturated heterocycles. The van der Waals surface area contributed by atoms with E-state index in [0.717, 1.165) is 29.3 Å². The van der Waals surface area contributed by atoms with E-state index >= 15 is 0 Å². The van der Waals surface area contributed by atoms with E-state index in [4.69, 9.17) is 14.5 Å². The van der Waals surface area contributed by atoms with Gasteiger partial charge < -0.3 is 19.1 Å². The van der Waals surface area contributed by atoms with E-state index < -0.39 is 11.6 Å². The van der Waals surface area contributed by atoms with Gasteiger partial charge in [-0.3, -0.25) is 4.79 Å². The number of carbonyl (C=O) groups excluding carboxylic acids is 1. The molecule has 1 aromatic carbocycles. The number of benzene rings is 1. The van der Waals surface area contributed by atoms with E-state index in [1.165, 1.54) is 5.56 Å². The summed E-state index contributed by atoms with van der Waals surface area (Å²) in [6.07, 6.45) is 2.12. The van der Waals surface area contributed by atoms with Gasteiger partial charge in [0.05, 0.1) is 36.1 Å². The Morgan fingerprint density at radius 2 is 2.03 bits per heavy atom. The molecule has 2 aliphatic heterocycles. The second kappa shape index (κ2) is 6.92. The summed E-state index contributed by atoms with van der Waals surface area (Å²) in [4.78, 5) is 30.5. The Hall–Kier alpha value is -3.19. The van der Waals surface area contributed by atoms with Crippen molar-refractivity contribution in [2.75, 3.05) is 7.11 Å². The molecule has 0 saturated carbocycles. The highest BCUT2D eigenvalue weighted by Crippen LogP contribution is 2.42. The first kappa shape index (κ1) is 19.8. The number of aromatic nitrogens is 2. The van der Waals surface area contributed by atoms with Crippen LogP contribution in [0.25, 0.3) is 22.3 Å². The predicted molar refractivity (Wildman–Crippen MR) is 115 cm³/mol. The molecule has 2 aliphatic rings. The summed E-state index contributed by atoms with van der Waals surface area (Å²) < 4.78 is 12.6. The largest absolute Gasteiger partial charge is 0.496 e. The van der Waals surface area contributed by atoms with E-state index in [1.54, 1.807) is 24.7 Å². The number of cyclic esters (lactones) is 1. The molecule has 5 rings (SSSR count). The number of rotatable bonds is 4. The average Bonchev–Trinajstić information content (AvgIpc) is 3.14. The van der Waals surface area contributed by atoms with Crippen LogP contribution in [0, 0.1) is 0 Å². The van der Waals surface area contributed by atoms with E-state index in [2.05, 4.69) is 19.1 Å². The Morgan fingerprint density at radius 1 is 1.23 bits per heavy atom. The lowest BCUT2D eigenvalue weighted by atomic mass is 9.86. The van der Waals surface area contributed by atoms with Crippen molar-refractivity contribution >= 4 is 16.9 Å². The van der Waals surface area contributed by atoms with Crippen molar-refractivity contribution in [3.05, 3.63) is 56.9 Å². The van der Waals surface area contributed by atoms with Crippen LogP contribution in [0.5, 0.6) is 5.75 Å². The Bertz CT molecular complexity index is 1310. The maximum Gasteiger partial charge on any atom is 0.343 e. The number of nitrogens with zero attached hydrogens (tertiary/aromatic N) is 2. The number of esters is 1. The van der Waals surface area contributed by atoms with Crippen LogP contribution >= 0.6 is 0 Å². The predicted octanol–water partition coefficient (Wildman–Crippen LogP) is 3.04. The topological polar surface area (TPSA) is 90.7 Å². The van der Waals surface area contributed by atoms with Crippen LogP contribution < -0.4 is 10.3 Å². The number of hydrogen-bond acceptors (Lipinski definition) is 6. The molecule has 0 fully saturated rings.